The molecule has 0 radical (unpaired) electrons. The number of rotatable bonds is 12. The molecular formula is C26H36N6O3. The van der Waals surface area contributed by atoms with Crippen molar-refractivity contribution in [1.82, 2.24) is 15.5 Å². The summed E-state index contributed by atoms with van der Waals surface area (Å²) in [7, 11) is 0. The second-order valence-corrected chi connectivity index (χ2v) is 8.61. The maximum absolute atomic E-state index is 13.2. The first-order valence-corrected chi connectivity index (χ1v) is 12.0. The third-order valence-electron chi connectivity index (χ3n) is 6.00. The molecule has 9 nitrogen and oxygen atoms in total. The van der Waals surface area contributed by atoms with E-state index in [9.17, 15) is 9.59 Å². The summed E-state index contributed by atoms with van der Waals surface area (Å²) >= 11 is 0. The van der Waals surface area contributed by atoms with E-state index in [1.54, 1.807) is 6.08 Å². The van der Waals surface area contributed by atoms with E-state index in [0.717, 1.165) is 17.2 Å². The van der Waals surface area contributed by atoms with Crippen molar-refractivity contribution in [3.63, 3.8) is 0 Å². The van der Waals surface area contributed by atoms with Crippen LogP contribution in [0.1, 0.15) is 29.6 Å². The SMILES string of the molecule is C=CCOCCN1CCC(CNC(=O)c2ccc3ccccc3c2)NC(CCCN=C(N)N)C1=O. The van der Waals surface area contributed by atoms with Crippen LogP contribution in [0.2, 0.25) is 0 Å². The molecule has 2 aromatic carbocycles. The lowest BCUT2D eigenvalue weighted by atomic mass is 10.1. The Morgan fingerprint density at radius 3 is 2.83 bits per heavy atom. The molecular weight excluding hydrogens is 444 g/mol. The van der Waals surface area contributed by atoms with E-state index in [0.29, 0.717) is 57.8 Å². The number of nitrogens with zero attached hydrogens (tertiary/aromatic N) is 2. The van der Waals surface area contributed by atoms with Crippen LogP contribution in [-0.2, 0) is 9.53 Å². The third-order valence-corrected chi connectivity index (χ3v) is 6.00. The summed E-state index contributed by atoms with van der Waals surface area (Å²) in [5, 5.41) is 8.59. The van der Waals surface area contributed by atoms with Gasteiger partial charge < -0.3 is 31.7 Å². The normalized spacial score (nSPS) is 18.2. The molecule has 3 rings (SSSR count). The molecule has 6 N–H and O–H groups in total. The Morgan fingerprint density at radius 2 is 2.06 bits per heavy atom. The fourth-order valence-corrected chi connectivity index (χ4v) is 4.16. The first-order chi connectivity index (χ1) is 17.0. The minimum atomic E-state index is -0.381. The van der Waals surface area contributed by atoms with E-state index >= 15 is 0 Å². The number of nitrogens with two attached hydrogens (primary N) is 2. The molecule has 35 heavy (non-hydrogen) atoms. The molecule has 0 saturated carbocycles. The average molecular weight is 481 g/mol. The van der Waals surface area contributed by atoms with Gasteiger partial charge in [-0.1, -0.05) is 36.4 Å². The third kappa shape index (κ3) is 8.08. The van der Waals surface area contributed by atoms with Crippen LogP contribution in [0.5, 0.6) is 0 Å². The summed E-state index contributed by atoms with van der Waals surface area (Å²) < 4.78 is 5.49. The summed E-state index contributed by atoms with van der Waals surface area (Å²) in [6.45, 7) is 6.52. The smallest absolute Gasteiger partial charge is 0.251 e. The van der Waals surface area contributed by atoms with Gasteiger partial charge in [-0.2, -0.15) is 0 Å². The Labute approximate surface area is 206 Å². The summed E-state index contributed by atoms with van der Waals surface area (Å²) in [5.41, 5.74) is 11.4. The van der Waals surface area contributed by atoms with Crippen LogP contribution in [0.4, 0.5) is 0 Å². The van der Waals surface area contributed by atoms with Gasteiger partial charge in [0.25, 0.3) is 5.91 Å². The van der Waals surface area contributed by atoms with Crippen LogP contribution < -0.4 is 22.1 Å². The molecule has 1 saturated heterocycles. The number of guanidine groups is 1. The molecule has 1 aliphatic rings. The molecule has 1 aliphatic heterocycles. The molecule has 188 valence electrons. The van der Waals surface area contributed by atoms with E-state index in [1.165, 1.54) is 0 Å². The summed E-state index contributed by atoms with van der Waals surface area (Å²) in [6, 6.07) is 13.2. The number of nitrogens with one attached hydrogen (secondary N) is 2. The monoisotopic (exact) mass is 480 g/mol. The van der Waals surface area contributed by atoms with Crippen LogP contribution in [0.15, 0.2) is 60.1 Å². The summed E-state index contributed by atoms with van der Waals surface area (Å²) in [5.74, 6) is -0.0622. The lowest BCUT2D eigenvalue weighted by Crippen LogP contribution is -2.49. The van der Waals surface area contributed by atoms with Crippen molar-refractivity contribution in [1.29, 1.82) is 0 Å². The standard InChI is InChI=1S/C26H36N6O3/c1-2-15-35-16-14-32-13-11-22(31-23(25(32)34)8-5-12-29-26(27)28)18-30-24(33)21-10-9-19-6-3-4-7-20(19)17-21/h2-4,6-7,9-10,17,22-23,31H,1,5,8,11-16,18H2,(H,30,33)(H4,27,28,29). The first kappa shape index (κ1) is 26.2. The Hall–Kier alpha value is -3.43. The topological polar surface area (TPSA) is 135 Å². The molecule has 1 fully saturated rings. The maximum Gasteiger partial charge on any atom is 0.251 e. The van der Waals surface area contributed by atoms with Gasteiger partial charge >= 0.3 is 0 Å². The van der Waals surface area contributed by atoms with Gasteiger partial charge in [0.2, 0.25) is 5.91 Å². The van der Waals surface area contributed by atoms with Crippen LogP contribution in [0, 0.1) is 0 Å². The minimum Gasteiger partial charge on any atom is -0.376 e. The predicted octanol–water partition coefficient (Wildman–Crippen LogP) is 1.38. The van der Waals surface area contributed by atoms with Crippen molar-refractivity contribution in [2.75, 3.05) is 39.4 Å². The zero-order chi connectivity index (χ0) is 25.0. The van der Waals surface area contributed by atoms with Gasteiger partial charge in [-0.15, -0.1) is 6.58 Å². The van der Waals surface area contributed by atoms with Crippen LogP contribution in [0.25, 0.3) is 10.8 Å². The van der Waals surface area contributed by atoms with Crippen molar-refractivity contribution < 1.29 is 14.3 Å². The maximum atomic E-state index is 13.2. The fourth-order valence-electron chi connectivity index (χ4n) is 4.16. The molecule has 1 heterocycles. The molecule has 2 atom stereocenters. The summed E-state index contributed by atoms with van der Waals surface area (Å²) in [6.07, 6.45) is 3.66. The van der Waals surface area contributed by atoms with Gasteiger partial charge in [0, 0.05) is 37.8 Å². The lowest BCUT2D eigenvalue weighted by molar-refractivity contribution is -0.133. The van der Waals surface area contributed by atoms with E-state index in [2.05, 4.69) is 22.2 Å². The van der Waals surface area contributed by atoms with Gasteiger partial charge in [0.05, 0.1) is 19.3 Å². The van der Waals surface area contributed by atoms with Crippen molar-refractivity contribution in [3.05, 3.63) is 60.7 Å². The quantitative estimate of drug-likeness (QED) is 0.157. The second kappa shape index (κ2) is 13.5. The van der Waals surface area contributed by atoms with Crippen molar-refractivity contribution in [3.8, 4) is 0 Å². The van der Waals surface area contributed by atoms with Gasteiger partial charge in [0.15, 0.2) is 5.96 Å². The van der Waals surface area contributed by atoms with Crippen molar-refractivity contribution >= 4 is 28.5 Å². The van der Waals surface area contributed by atoms with Gasteiger partial charge in [-0.05, 0) is 42.2 Å². The molecule has 0 aromatic heterocycles. The minimum absolute atomic E-state index is 0.0280. The molecule has 2 unspecified atom stereocenters. The molecule has 2 amide bonds. The molecule has 9 heteroatoms. The zero-order valence-corrected chi connectivity index (χ0v) is 20.1. The highest BCUT2D eigenvalue weighted by Gasteiger charge is 2.30. The van der Waals surface area contributed by atoms with Crippen LogP contribution >= 0.6 is 0 Å². The Kier molecular flexibility index (Phi) is 10.1. The van der Waals surface area contributed by atoms with Crippen molar-refractivity contribution in [2.45, 2.75) is 31.3 Å². The van der Waals surface area contributed by atoms with E-state index < -0.39 is 0 Å². The molecule has 0 aliphatic carbocycles. The van der Waals surface area contributed by atoms with Gasteiger partial charge in [0.1, 0.15) is 0 Å². The Balaban J connectivity index is 1.61. The van der Waals surface area contributed by atoms with E-state index in [4.69, 9.17) is 16.2 Å². The number of amides is 2. The fraction of sp³-hybridized carbons (Fsp3) is 0.423. The average Bonchev–Trinajstić information content (AvgIpc) is 3.01. The highest BCUT2D eigenvalue weighted by Crippen LogP contribution is 2.16. The Morgan fingerprint density at radius 1 is 1.26 bits per heavy atom. The highest BCUT2D eigenvalue weighted by molar-refractivity contribution is 5.98. The Bertz CT molecular complexity index is 1040. The number of hydrogen-bond donors (Lipinski definition) is 4. The lowest BCUT2D eigenvalue weighted by Gasteiger charge is -2.24. The van der Waals surface area contributed by atoms with Crippen LogP contribution in [0.3, 0.4) is 0 Å². The number of carbonyl (C=O) groups is 2. The van der Waals surface area contributed by atoms with E-state index in [1.807, 2.05) is 47.4 Å². The van der Waals surface area contributed by atoms with Gasteiger partial charge in [-0.3, -0.25) is 14.6 Å². The zero-order valence-electron chi connectivity index (χ0n) is 20.1. The van der Waals surface area contributed by atoms with Crippen molar-refractivity contribution in [2.24, 2.45) is 16.5 Å². The second-order valence-electron chi connectivity index (χ2n) is 8.61. The molecule has 2 aromatic rings. The number of hydrogen-bond acceptors (Lipinski definition) is 5. The molecule has 0 bridgehead atoms. The largest absolute Gasteiger partial charge is 0.376 e. The molecule has 0 spiro atoms. The number of benzene rings is 2. The number of carbonyl (C=O) groups excluding carboxylic acids is 2. The van der Waals surface area contributed by atoms with Gasteiger partial charge in [-0.25, -0.2) is 0 Å². The number of aliphatic imine (C=N–C) groups is 1. The first-order valence-electron chi connectivity index (χ1n) is 12.0. The predicted molar refractivity (Wildman–Crippen MR) is 139 cm³/mol. The van der Waals surface area contributed by atoms with Crippen LogP contribution in [-0.4, -0.2) is 74.2 Å². The number of ether oxygens (including phenoxy) is 1. The van der Waals surface area contributed by atoms with E-state index in [-0.39, 0.29) is 29.9 Å². The summed E-state index contributed by atoms with van der Waals surface area (Å²) in [4.78, 5) is 31.8. The number of fused-ring (bicyclic) bond motifs is 1. The highest BCUT2D eigenvalue weighted by atomic mass is 16.5.